The summed E-state index contributed by atoms with van der Waals surface area (Å²) in [7, 11) is -0.876. The molecule has 0 unspecified atom stereocenters. The first kappa shape index (κ1) is 21.7. The maximum absolute atomic E-state index is 12.9. The number of carbonyl (C=O) groups is 1. The third-order valence-corrected chi connectivity index (χ3v) is 6.42. The van der Waals surface area contributed by atoms with Crippen molar-refractivity contribution in [3.8, 4) is 11.5 Å². The Balaban J connectivity index is 2.45. The van der Waals surface area contributed by atoms with Crippen molar-refractivity contribution >= 4 is 21.6 Å². The van der Waals surface area contributed by atoms with E-state index < -0.39 is 15.9 Å². The van der Waals surface area contributed by atoms with Gasteiger partial charge in [-0.05, 0) is 42.8 Å². The van der Waals surface area contributed by atoms with Crippen molar-refractivity contribution in [3.63, 3.8) is 0 Å². The van der Waals surface area contributed by atoms with Crippen LogP contribution in [-0.2, 0) is 10.0 Å². The van der Waals surface area contributed by atoms with Crippen LogP contribution in [0.2, 0.25) is 0 Å². The minimum absolute atomic E-state index is 0.0393. The van der Waals surface area contributed by atoms with Crippen LogP contribution < -0.4 is 14.8 Å². The van der Waals surface area contributed by atoms with Gasteiger partial charge in [-0.3, -0.25) is 4.79 Å². The van der Waals surface area contributed by atoms with E-state index in [0.29, 0.717) is 24.5 Å². The van der Waals surface area contributed by atoms with Crippen LogP contribution in [0.1, 0.15) is 29.8 Å². The highest BCUT2D eigenvalue weighted by molar-refractivity contribution is 7.89. The number of anilines is 1. The standard InChI is InChI=1S/C20H26N2O5S/c1-6-22(7-2)28(24,25)19-13-15(9-11-18(19)27-5)20(23)21-16-12-14(3)8-10-17(16)26-4/h8-13H,6-7H2,1-5H3,(H,21,23). The van der Waals surface area contributed by atoms with Crippen LogP contribution in [0.5, 0.6) is 11.5 Å². The Kier molecular flexibility index (Phi) is 7.04. The fraction of sp³-hybridized carbons (Fsp3) is 0.350. The minimum Gasteiger partial charge on any atom is -0.495 e. The lowest BCUT2D eigenvalue weighted by atomic mass is 10.1. The third-order valence-electron chi connectivity index (χ3n) is 4.35. The summed E-state index contributed by atoms with van der Waals surface area (Å²) in [6.07, 6.45) is 0. The Bertz CT molecular complexity index is 953. The molecule has 0 aromatic heterocycles. The van der Waals surface area contributed by atoms with Gasteiger partial charge in [0.2, 0.25) is 10.0 Å². The summed E-state index contributed by atoms with van der Waals surface area (Å²) in [6, 6.07) is 9.76. The predicted molar refractivity (Wildman–Crippen MR) is 109 cm³/mol. The number of ether oxygens (including phenoxy) is 2. The number of hydrogen-bond acceptors (Lipinski definition) is 5. The van der Waals surface area contributed by atoms with Crippen LogP contribution in [0, 0.1) is 6.92 Å². The van der Waals surface area contributed by atoms with E-state index in [9.17, 15) is 13.2 Å². The van der Waals surface area contributed by atoms with Gasteiger partial charge in [-0.2, -0.15) is 4.31 Å². The molecule has 2 aromatic carbocycles. The summed E-state index contributed by atoms with van der Waals surface area (Å²) in [5, 5.41) is 2.78. The van der Waals surface area contributed by atoms with Gasteiger partial charge in [-0.1, -0.05) is 19.9 Å². The van der Waals surface area contributed by atoms with Crippen LogP contribution in [0.25, 0.3) is 0 Å². The van der Waals surface area contributed by atoms with Gasteiger partial charge in [-0.25, -0.2) is 8.42 Å². The van der Waals surface area contributed by atoms with Crippen molar-refractivity contribution in [1.82, 2.24) is 4.31 Å². The van der Waals surface area contributed by atoms with Gasteiger partial charge in [0.1, 0.15) is 16.4 Å². The molecule has 0 saturated carbocycles. The zero-order valence-corrected chi connectivity index (χ0v) is 17.6. The van der Waals surface area contributed by atoms with Gasteiger partial charge in [0.25, 0.3) is 5.91 Å². The Hall–Kier alpha value is -2.58. The summed E-state index contributed by atoms with van der Waals surface area (Å²) in [5.74, 6) is 0.266. The number of aryl methyl sites for hydroxylation is 1. The molecular weight excluding hydrogens is 380 g/mol. The molecule has 0 aliphatic heterocycles. The Morgan fingerprint density at radius 3 is 2.18 bits per heavy atom. The van der Waals surface area contributed by atoms with Crippen LogP contribution in [0.4, 0.5) is 5.69 Å². The van der Waals surface area contributed by atoms with E-state index in [4.69, 9.17) is 9.47 Å². The van der Waals surface area contributed by atoms with Gasteiger partial charge in [0.15, 0.2) is 0 Å². The predicted octanol–water partition coefficient (Wildman–Crippen LogP) is 3.30. The van der Waals surface area contributed by atoms with E-state index in [1.54, 1.807) is 26.0 Å². The number of benzene rings is 2. The number of methoxy groups -OCH3 is 2. The molecule has 2 rings (SSSR count). The van der Waals surface area contributed by atoms with Crippen molar-refractivity contribution in [2.24, 2.45) is 0 Å². The van der Waals surface area contributed by atoms with Crippen LogP contribution in [-0.4, -0.2) is 45.9 Å². The average Bonchev–Trinajstić information content (AvgIpc) is 2.68. The van der Waals surface area contributed by atoms with E-state index in [1.165, 1.54) is 36.7 Å². The van der Waals surface area contributed by atoms with E-state index in [2.05, 4.69) is 5.32 Å². The average molecular weight is 407 g/mol. The number of amides is 1. The van der Waals surface area contributed by atoms with E-state index in [0.717, 1.165) is 5.56 Å². The van der Waals surface area contributed by atoms with Crippen molar-refractivity contribution < 1.29 is 22.7 Å². The van der Waals surface area contributed by atoms with Gasteiger partial charge in [0.05, 0.1) is 19.9 Å². The zero-order valence-electron chi connectivity index (χ0n) is 16.8. The second kappa shape index (κ2) is 9.07. The second-order valence-corrected chi connectivity index (χ2v) is 8.02. The molecule has 0 atom stereocenters. The maximum Gasteiger partial charge on any atom is 0.255 e. The number of nitrogens with one attached hydrogen (secondary N) is 1. The number of hydrogen-bond donors (Lipinski definition) is 1. The number of carbonyl (C=O) groups excluding carboxylic acids is 1. The molecule has 0 fully saturated rings. The van der Waals surface area contributed by atoms with E-state index in [-0.39, 0.29) is 16.2 Å². The molecule has 1 N–H and O–H groups in total. The van der Waals surface area contributed by atoms with Gasteiger partial charge < -0.3 is 14.8 Å². The minimum atomic E-state index is -3.79. The first-order valence-corrected chi connectivity index (χ1v) is 10.4. The normalized spacial score (nSPS) is 11.4. The summed E-state index contributed by atoms with van der Waals surface area (Å²) in [5.41, 5.74) is 1.67. The molecule has 0 radical (unpaired) electrons. The molecule has 0 bridgehead atoms. The van der Waals surface area contributed by atoms with Crippen molar-refractivity contribution in [3.05, 3.63) is 47.5 Å². The second-order valence-electron chi connectivity index (χ2n) is 6.11. The summed E-state index contributed by atoms with van der Waals surface area (Å²) in [6.45, 7) is 6.05. The monoisotopic (exact) mass is 406 g/mol. The van der Waals surface area contributed by atoms with Crippen LogP contribution in [0.15, 0.2) is 41.3 Å². The maximum atomic E-state index is 12.9. The summed E-state index contributed by atoms with van der Waals surface area (Å²) in [4.78, 5) is 12.7. The lowest BCUT2D eigenvalue weighted by Gasteiger charge is -2.20. The van der Waals surface area contributed by atoms with Crippen molar-refractivity contribution in [1.29, 1.82) is 0 Å². The molecule has 28 heavy (non-hydrogen) atoms. The topological polar surface area (TPSA) is 84.9 Å². The molecule has 1 amide bonds. The molecular formula is C20H26N2O5S. The quantitative estimate of drug-likeness (QED) is 0.727. The molecule has 0 aliphatic carbocycles. The Morgan fingerprint density at radius 1 is 1.00 bits per heavy atom. The highest BCUT2D eigenvalue weighted by Crippen LogP contribution is 2.29. The lowest BCUT2D eigenvalue weighted by Crippen LogP contribution is -2.31. The van der Waals surface area contributed by atoms with Crippen LogP contribution in [0.3, 0.4) is 0 Å². The van der Waals surface area contributed by atoms with Crippen LogP contribution >= 0.6 is 0 Å². The largest absolute Gasteiger partial charge is 0.495 e. The lowest BCUT2D eigenvalue weighted by molar-refractivity contribution is 0.102. The molecule has 2 aromatic rings. The van der Waals surface area contributed by atoms with Crippen molar-refractivity contribution in [2.45, 2.75) is 25.7 Å². The molecule has 7 nitrogen and oxygen atoms in total. The molecule has 0 aliphatic rings. The molecule has 0 heterocycles. The summed E-state index contributed by atoms with van der Waals surface area (Å²) < 4.78 is 37.7. The zero-order chi connectivity index (χ0) is 20.9. The first-order valence-electron chi connectivity index (χ1n) is 8.92. The van der Waals surface area contributed by atoms with E-state index in [1.807, 2.05) is 13.0 Å². The van der Waals surface area contributed by atoms with Crippen molar-refractivity contribution in [2.75, 3.05) is 32.6 Å². The molecule has 0 spiro atoms. The Morgan fingerprint density at radius 2 is 1.61 bits per heavy atom. The smallest absolute Gasteiger partial charge is 0.255 e. The fourth-order valence-electron chi connectivity index (χ4n) is 2.84. The SMILES string of the molecule is CCN(CC)S(=O)(=O)c1cc(C(=O)Nc2cc(C)ccc2OC)ccc1OC. The van der Waals surface area contributed by atoms with Gasteiger partial charge in [-0.15, -0.1) is 0 Å². The first-order chi connectivity index (χ1) is 13.3. The molecule has 8 heteroatoms. The number of nitrogens with zero attached hydrogens (tertiary/aromatic N) is 1. The highest BCUT2D eigenvalue weighted by Gasteiger charge is 2.27. The Labute approximate surface area is 166 Å². The van der Waals surface area contributed by atoms with Gasteiger partial charge >= 0.3 is 0 Å². The van der Waals surface area contributed by atoms with Gasteiger partial charge in [0, 0.05) is 18.7 Å². The third kappa shape index (κ3) is 4.45. The molecule has 152 valence electrons. The van der Waals surface area contributed by atoms with E-state index >= 15 is 0 Å². The number of rotatable bonds is 8. The fourth-order valence-corrected chi connectivity index (χ4v) is 4.48. The number of sulfonamides is 1. The highest BCUT2D eigenvalue weighted by atomic mass is 32.2. The molecule has 0 saturated heterocycles. The summed E-state index contributed by atoms with van der Waals surface area (Å²) >= 11 is 0.